The maximum atomic E-state index is 12.7. The maximum absolute atomic E-state index is 12.7. The number of aromatic nitrogens is 4. The molecule has 0 unspecified atom stereocenters. The van der Waals surface area contributed by atoms with Crippen LogP contribution in [0.1, 0.15) is 5.56 Å². The first kappa shape index (κ1) is 15.6. The van der Waals surface area contributed by atoms with Gasteiger partial charge in [-0.2, -0.15) is 5.10 Å². The Balaban J connectivity index is 1.79. The average Bonchev–Trinajstić information content (AvgIpc) is 2.85. The van der Waals surface area contributed by atoms with Gasteiger partial charge in [0.1, 0.15) is 29.5 Å². The second-order valence-electron chi connectivity index (χ2n) is 5.38. The van der Waals surface area contributed by atoms with Crippen molar-refractivity contribution < 1.29 is 9.47 Å². The Morgan fingerprint density at radius 2 is 1.92 bits per heavy atom. The van der Waals surface area contributed by atoms with Crippen molar-refractivity contribution in [3.05, 3.63) is 43.5 Å². The van der Waals surface area contributed by atoms with E-state index in [-0.39, 0.29) is 5.56 Å². The first-order valence-electron chi connectivity index (χ1n) is 7.20. The molecular formula is C15H12Br2N4O3. The first-order valence-corrected chi connectivity index (χ1v) is 8.79. The molecule has 1 aliphatic rings. The Morgan fingerprint density at radius 1 is 1.21 bits per heavy atom. The van der Waals surface area contributed by atoms with E-state index in [0.717, 1.165) is 10.0 Å². The lowest BCUT2D eigenvalue weighted by atomic mass is 10.2. The second kappa shape index (κ2) is 5.89. The molecule has 0 saturated carbocycles. The number of rotatable bonds is 2. The van der Waals surface area contributed by atoms with E-state index in [4.69, 9.17) is 9.47 Å². The Hall–Kier alpha value is -1.87. The van der Waals surface area contributed by atoms with Gasteiger partial charge in [-0.3, -0.25) is 9.36 Å². The van der Waals surface area contributed by atoms with Gasteiger partial charge in [0, 0.05) is 11.5 Å². The van der Waals surface area contributed by atoms with Crippen LogP contribution in [0.4, 0.5) is 0 Å². The summed E-state index contributed by atoms with van der Waals surface area (Å²) in [6.07, 6.45) is 1.53. The molecule has 0 fully saturated rings. The summed E-state index contributed by atoms with van der Waals surface area (Å²) in [5.41, 5.74) is 1.30. The van der Waals surface area contributed by atoms with Gasteiger partial charge in [-0.05, 0) is 33.6 Å². The van der Waals surface area contributed by atoms with E-state index in [0.29, 0.717) is 46.9 Å². The van der Waals surface area contributed by atoms with Crippen LogP contribution >= 0.6 is 31.9 Å². The summed E-state index contributed by atoms with van der Waals surface area (Å²) in [6.45, 7) is 1.42. The Bertz CT molecular complexity index is 1010. The molecule has 3 aromatic rings. The zero-order valence-corrected chi connectivity index (χ0v) is 15.8. The first-order chi connectivity index (χ1) is 11.5. The smallest absolute Gasteiger partial charge is 0.265 e. The van der Waals surface area contributed by atoms with Crippen molar-refractivity contribution in [3.63, 3.8) is 0 Å². The third kappa shape index (κ3) is 2.51. The quantitative estimate of drug-likeness (QED) is 0.593. The van der Waals surface area contributed by atoms with Gasteiger partial charge in [-0.25, -0.2) is 9.67 Å². The molecule has 0 bridgehead atoms. The molecule has 1 aromatic carbocycles. The van der Waals surface area contributed by atoms with Gasteiger partial charge < -0.3 is 9.47 Å². The number of ether oxygens (including phenoxy) is 2. The van der Waals surface area contributed by atoms with E-state index in [1.54, 1.807) is 16.3 Å². The molecule has 7 nitrogen and oxygen atoms in total. The molecule has 24 heavy (non-hydrogen) atoms. The third-order valence-electron chi connectivity index (χ3n) is 3.82. The number of benzene rings is 1. The van der Waals surface area contributed by atoms with Gasteiger partial charge in [0.25, 0.3) is 5.56 Å². The normalized spacial score (nSPS) is 13.5. The molecule has 1 aliphatic heterocycles. The maximum Gasteiger partial charge on any atom is 0.265 e. The second-order valence-corrected chi connectivity index (χ2v) is 6.98. The van der Waals surface area contributed by atoms with Crippen LogP contribution in [0.5, 0.6) is 11.5 Å². The van der Waals surface area contributed by atoms with Crippen molar-refractivity contribution in [3.8, 4) is 11.5 Å². The fourth-order valence-corrected chi connectivity index (χ4v) is 3.69. The van der Waals surface area contributed by atoms with E-state index in [1.165, 1.54) is 6.33 Å². The van der Waals surface area contributed by atoms with Crippen LogP contribution < -0.4 is 15.0 Å². The Morgan fingerprint density at radius 3 is 2.67 bits per heavy atom. The van der Waals surface area contributed by atoms with Crippen molar-refractivity contribution >= 4 is 42.9 Å². The van der Waals surface area contributed by atoms with Crippen LogP contribution in [0, 0.1) is 0 Å². The zero-order chi connectivity index (χ0) is 16.8. The predicted molar refractivity (Wildman–Crippen MR) is 94.7 cm³/mol. The molecule has 0 saturated heterocycles. The molecule has 9 heteroatoms. The Labute approximate surface area is 153 Å². The summed E-state index contributed by atoms with van der Waals surface area (Å²) < 4.78 is 15.6. The summed E-state index contributed by atoms with van der Waals surface area (Å²) in [7, 11) is 1.75. The van der Waals surface area contributed by atoms with Crippen LogP contribution in [0.25, 0.3) is 11.0 Å². The van der Waals surface area contributed by atoms with Crippen molar-refractivity contribution in [2.24, 2.45) is 7.05 Å². The fourth-order valence-electron chi connectivity index (χ4n) is 2.66. The van der Waals surface area contributed by atoms with Crippen LogP contribution in [0.3, 0.4) is 0 Å². The standard InChI is InChI=1S/C15H12Br2N4O3/c1-20-14-12(13(17)19-20)15(22)21(7-18-14)6-8-4-10-11(5-9(8)16)24-3-2-23-10/h4-5,7H,2-3,6H2,1H3. The van der Waals surface area contributed by atoms with Crippen LogP contribution in [-0.2, 0) is 13.6 Å². The minimum absolute atomic E-state index is 0.151. The van der Waals surface area contributed by atoms with E-state index >= 15 is 0 Å². The van der Waals surface area contributed by atoms with Crippen LogP contribution in [0.2, 0.25) is 0 Å². The van der Waals surface area contributed by atoms with Gasteiger partial charge in [-0.15, -0.1) is 0 Å². The van der Waals surface area contributed by atoms with Gasteiger partial charge >= 0.3 is 0 Å². The van der Waals surface area contributed by atoms with Crippen LogP contribution in [0.15, 0.2) is 32.3 Å². The predicted octanol–water partition coefficient (Wildman–Crippen LogP) is 2.47. The summed E-state index contributed by atoms with van der Waals surface area (Å²) in [4.78, 5) is 17.1. The molecular weight excluding hydrogens is 444 g/mol. The van der Waals surface area contributed by atoms with Crippen molar-refractivity contribution in [1.82, 2.24) is 19.3 Å². The molecule has 0 amide bonds. The number of hydrogen-bond donors (Lipinski definition) is 0. The van der Waals surface area contributed by atoms with Gasteiger partial charge in [0.15, 0.2) is 17.1 Å². The molecule has 3 heterocycles. The minimum Gasteiger partial charge on any atom is -0.486 e. The van der Waals surface area contributed by atoms with E-state index in [1.807, 2.05) is 12.1 Å². The molecule has 124 valence electrons. The van der Waals surface area contributed by atoms with E-state index in [9.17, 15) is 4.79 Å². The molecule has 0 aliphatic carbocycles. The highest BCUT2D eigenvalue weighted by molar-refractivity contribution is 9.10. The largest absolute Gasteiger partial charge is 0.486 e. The van der Waals surface area contributed by atoms with Gasteiger partial charge in [0.2, 0.25) is 0 Å². The molecule has 0 N–H and O–H groups in total. The van der Waals surface area contributed by atoms with E-state index in [2.05, 4.69) is 41.9 Å². The summed E-state index contributed by atoms with van der Waals surface area (Å²) in [5.74, 6) is 1.39. The monoisotopic (exact) mass is 454 g/mol. The highest BCUT2D eigenvalue weighted by atomic mass is 79.9. The minimum atomic E-state index is -0.151. The molecule has 0 radical (unpaired) electrons. The van der Waals surface area contributed by atoms with Crippen molar-refractivity contribution in [1.29, 1.82) is 0 Å². The average molecular weight is 456 g/mol. The lowest BCUT2D eigenvalue weighted by molar-refractivity contribution is 0.171. The molecule has 4 rings (SSSR count). The third-order valence-corrected chi connectivity index (χ3v) is 5.11. The SMILES string of the molecule is Cn1nc(Br)c2c(=O)n(Cc3cc4c(cc3Br)OCCO4)cnc21. The number of aryl methyl sites for hydroxylation is 1. The molecule has 0 spiro atoms. The topological polar surface area (TPSA) is 71.2 Å². The number of halogens is 2. The van der Waals surface area contributed by atoms with Gasteiger partial charge in [0.05, 0.1) is 6.54 Å². The van der Waals surface area contributed by atoms with Crippen molar-refractivity contribution in [2.75, 3.05) is 13.2 Å². The van der Waals surface area contributed by atoms with Crippen molar-refractivity contribution in [2.45, 2.75) is 6.54 Å². The lowest BCUT2D eigenvalue weighted by Crippen LogP contribution is -2.22. The molecule has 0 atom stereocenters. The number of fused-ring (bicyclic) bond motifs is 2. The van der Waals surface area contributed by atoms with E-state index < -0.39 is 0 Å². The van der Waals surface area contributed by atoms with Gasteiger partial charge in [-0.1, -0.05) is 15.9 Å². The highest BCUT2D eigenvalue weighted by Crippen LogP contribution is 2.35. The highest BCUT2D eigenvalue weighted by Gasteiger charge is 2.17. The molecule has 2 aromatic heterocycles. The number of nitrogens with zero attached hydrogens (tertiary/aromatic N) is 4. The fraction of sp³-hybridized carbons (Fsp3) is 0.267. The lowest BCUT2D eigenvalue weighted by Gasteiger charge is -2.20. The summed E-state index contributed by atoms with van der Waals surface area (Å²) in [6, 6.07) is 3.74. The summed E-state index contributed by atoms with van der Waals surface area (Å²) in [5, 5.41) is 4.65. The summed E-state index contributed by atoms with van der Waals surface area (Å²) >= 11 is 6.85. The number of hydrogen-bond acceptors (Lipinski definition) is 5. The van der Waals surface area contributed by atoms with Crippen LogP contribution in [-0.4, -0.2) is 32.5 Å². The Kier molecular flexibility index (Phi) is 3.84. The zero-order valence-electron chi connectivity index (χ0n) is 12.6.